The normalized spacial score (nSPS) is 10.9. The standard InChI is InChI=1S/C22H26N4O4S/c1-4-16-12-17(31-14(16)2)21(28)25(10-11-30-3)18-19(23)26(22(29)24-20(18)27)13-15-8-6-5-7-9-15/h5-9,12H,4,10-11,13,23H2,1-3H3,(H,24,27,29). The molecule has 8 nitrogen and oxygen atoms in total. The lowest BCUT2D eigenvalue weighted by molar-refractivity contribution is 0.0979. The zero-order valence-electron chi connectivity index (χ0n) is 17.8. The van der Waals surface area contributed by atoms with Gasteiger partial charge in [0.15, 0.2) is 5.69 Å². The van der Waals surface area contributed by atoms with E-state index in [0.717, 1.165) is 22.4 Å². The summed E-state index contributed by atoms with van der Waals surface area (Å²) in [6.45, 7) is 4.47. The molecule has 1 aromatic carbocycles. The van der Waals surface area contributed by atoms with Gasteiger partial charge in [-0.1, -0.05) is 37.3 Å². The van der Waals surface area contributed by atoms with Crippen LogP contribution in [0.15, 0.2) is 46.0 Å². The second-order valence-electron chi connectivity index (χ2n) is 7.06. The molecule has 0 aliphatic rings. The van der Waals surface area contributed by atoms with Crippen LogP contribution in [0.25, 0.3) is 0 Å². The highest BCUT2D eigenvalue weighted by Gasteiger charge is 2.26. The molecule has 2 aromatic heterocycles. The fourth-order valence-corrected chi connectivity index (χ4v) is 4.43. The number of carbonyl (C=O) groups is 1. The van der Waals surface area contributed by atoms with E-state index >= 15 is 0 Å². The number of anilines is 2. The molecular weight excluding hydrogens is 416 g/mol. The molecule has 0 aliphatic heterocycles. The third-order valence-corrected chi connectivity index (χ3v) is 6.12. The number of hydrogen-bond acceptors (Lipinski definition) is 6. The number of H-pyrrole nitrogens is 1. The Balaban J connectivity index is 2.10. The number of nitrogens with zero attached hydrogens (tertiary/aromatic N) is 2. The molecule has 0 bridgehead atoms. The number of nitrogen functional groups attached to an aromatic ring is 1. The van der Waals surface area contributed by atoms with Gasteiger partial charge >= 0.3 is 5.69 Å². The van der Waals surface area contributed by atoms with Gasteiger partial charge in [-0.25, -0.2) is 4.79 Å². The van der Waals surface area contributed by atoms with Crippen LogP contribution >= 0.6 is 11.3 Å². The van der Waals surface area contributed by atoms with E-state index in [1.165, 1.54) is 27.9 Å². The van der Waals surface area contributed by atoms with Crippen molar-refractivity contribution in [2.24, 2.45) is 0 Å². The van der Waals surface area contributed by atoms with Crippen molar-refractivity contribution in [2.45, 2.75) is 26.8 Å². The molecule has 31 heavy (non-hydrogen) atoms. The average molecular weight is 443 g/mol. The van der Waals surface area contributed by atoms with E-state index < -0.39 is 11.2 Å². The zero-order valence-corrected chi connectivity index (χ0v) is 18.6. The van der Waals surface area contributed by atoms with Crippen LogP contribution in [-0.4, -0.2) is 35.7 Å². The summed E-state index contributed by atoms with van der Waals surface area (Å²) in [4.78, 5) is 43.8. The van der Waals surface area contributed by atoms with E-state index in [0.29, 0.717) is 4.88 Å². The number of thiophene rings is 1. The minimum absolute atomic E-state index is 0.0540. The Morgan fingerprint density at radius 3 is 2.58 bits per heavy atom. The van der Waals surface area contributed by atoms with Crippen LogP contribution in [0.1, 0.15) is 32.6 Å². The van der Waals surface area contributed by atoms with Gasteiger partial charge in [-0.15, -0.1) is 11.3 Å². The van der Waals surface area contributed by atoms with Crippen molar-refractivity contribution < 1.29 is 9.53 Å². The third-order valence-electron chi connectivity index (χ3n) is 5.04. The molecule has 0 unspecified atom stereocenters. The number of ether oxygens (including phenoxy) is 1. The number of aromatic nitrogens is 2. The minimum atomic E-state index is -0.708. The van der Waals surface area contributed by atoms with E-state index in [1.807, 2.05) is 50.2 Å². The van der Waals surface area contributed by atoms with Gasteiger partial charge in [-0.3, -0.25) is 24.0 Å². The highest BCUT2D eigenvalue weighted by molar-refractivity contribution is 7.14. The van der Waals surface area contributed by atoms with E-state index in [4.69, 9.17) is 10.5 Å². The fourth-order valence-electron chi connectivity index (χ4n) is 3.37. The summed E-state index contributed by atoms with van der Waals surface area (Å²) in [5, 5.41) is 0. The first-order chi connectivity index (χ1) is 14.9. The predicted molar refractivity (Wildman–Crippen MR) is 123 cm³/mol. The quantitative estimate of drug-likeness (QED) is 0.557. The zero-order chi connectivity index (χ0) is 22.5. The van der Waals surface area contributed by atoms with Crippen LogP contribution in [-0.2, 0) is 17.7 Å². The molecule has 3 aromatic rings. The van der Waals surface area contributed by atoms with Gasteiger partial charge in [0.1, 0.15) is 5.82 Å². The lowest BCUT2D eigenvalue weighted by Crippen LogP contribution is -2.42. The van der Waals surface area contributed by atoms with Gasteiger partial charge in [0, 0.05) is 18.5 Å². The molecule has 9 heteroatoms. The fraction of sp³-hybridized carbons (Fsp3) is 0.318. The Kier molecular flexibility index (Phi) is 7.09. The molecule has 164 valence electrons. The monoisotopic (exact) mass is 442 g/mol. The number of aromatic amines is 1. The number of carbonyl (C=O) groups excluding carboxylic acids is 1. The van der Waals surface area contributed by atoms with Crippen LogP contribution in [0.5, 0.6) is 0 Å². The van der Waals surface area contributed by atoms with E-state index in [2.05, 4.69) is 4.98 Å². The van der Waals surface area contributed by atoms with Crippen LogP contribution in [0, 0.1) is 6.92 Å². The summed E-state index contributed by atoms with van der Waals surface area (Å²) in [5.41, 5.74) is 6.82. The summed E-state index contributed by atoms with van der Waals surface area (Å²) in [5.74, 6) is -0.419. The lowest BCUT2D eigenvalue weighted by atomic mass is 10.2. The van der Waals surface area contributed by atoms with Crippen molar-refractivity contribution in [1.82, 2.24) is 9.55 Å². The maximum Gasteiger partial charge on any atom is 0.330 e. The SMILES string of the molecule is CCc1cc(C(=O)N(CCOC)c2c(N)n(Cc3ccccc3)c(=O)[nH]c2=O)sc1C. The van der Waals surface area contributed by atoms with Gasteiger partial charge in [0.2, 0.25) is 0 Å². The number of nitrogens with two attached hydrogens (primary N) is 1. The summed E-state index contributed by atoms with van der Waals surface area (Å²) >= 11 is 1.37. The molecule has 3 N–H and O–H groups in total. The summed E-state index contributed by atoms with van der Waals surface area (Å²) in [6.07, 6.45) is 0.804. The molecule has 2 heterocycles. The Labute approximate surface area is 183 Å². The van der Waals surface area contributed by atoms with E-state index in [9.17, 15) is 14.4 Å². The topological polar surface area (TPSA) is 110 Å². The number of methoxy groups -OCH3 is 1. The Bertz CT molecular complexity index is 1180. The Morgan fingerprint density at radius 2 is 1.97 bits per heavy atom. The molecule has 0 atom stereocenters. The first-order valence-corrected chi connectivity index (χ1v) is 10.8. The number of aryl methyl sites for hydroxylation is 2. The van der Waals surface area contributed by atoms with Crippen LogP contribution in [0.4, 0.5) is 11.5 Å². The molecule has 3 rings (SSSR count). The maximum atomic E-state index is 13.4. The second kappa shape index (κ2) is 9.76. The Morgan fingerprint density at radius 1 is 1.26 bits per heavy atom. The maximum absolute atomic E-state index is 13.4. The number of nitrogens with one attached hydrogen (secondary N) is 1. The van der Waals surface area contributed by atoms with Crippen molar-refractivity contribution in [1.29, 1.82) is 0 Å². The molecule has 0 aliphatic carbocycles. The van der Waals surface area contributed by atoms with Crippen LogP contribution < -0.4 is 21.9 Å². The third kappa shape index (κ3) is 4.78. The molecule has 1 amide bonds. The average Bonchev–Trinajstić information content (AvgIpc) is 3.14. The Hall–Kier alpha value is -3.17. The molecular formula is C22H26N4O4S. The number of benzene rings is 1. The summed E-state index contributed by atoms with van der Waals surface area (Å²) < 4.78 is 6.41. The van der Waals surface area contributed by atoms with Crippen molar-refractivity contribution in [3.05, 3.63) is 78.1 Å². The van der Waals surface area contributed by atoms with Crippen molar-refractivity contribution >= 4 is 28.7 Å². The van der Waals surface area contributed by atoms with Crippen LogP contribution in [0.2, 0.25) is 0 Å². The number of hydrogen-bond donors (Lipinski definition) is 2. The van der Waals surface area contributed by atoms with Gasteiger partial charge in [0.05, 0.1) is 18.0 Å². The number of rotatable bonds is 8. The molecule has 0 fully saturated rings. The largest absolute Gasteiger partial charge is 0.383 e. The summed E-state index contributed by atoms with van der Waals surface area (Å²) in [6, 6.07) is 11.1. The highest BCUT2D eigenvalue weighted by atomic mass is 32.1. The van der Waals surface area contributed by atoms with Gasteiger partial charge < -0.3 is 10.5 Å². The second-order valence-corrected chi connectivity index (χ2v) is 8.32. The van der Waals surface area contributed by atoms with Crippen LogP contribution in [0.3, 0.4) is 0 Å². The molecule has 0 spiro atoms. The van der Waals surface area contributed by atoms with E-state index in [1.54, 1.807) is 0 Å². The van der Waals surface area contributed by atoms with Crippen molar-refractivity contribution in [2.75, 3.05) is 30.9 Å². The number of amides is 1. The van der Waals surface area contributed by atoms with Gasteiger partial charge in [-0.05, 0) is 30.5 Å². The highest BCUT2D eigenvalue weighted by Crippen LogP contribution is 2.26. The predicted octanol–water partition coefficient (Wildman–Crippen LogP) is 2.39. The van der Waals surface area contributed by atoms with Gasteiger partial charge in [-0.2, -0.15) is 0 Å². The van der Waals surface area contributed by atoms with Crippen molar-refractivity contribution in [3.63, 3.8) is 0 Å². The minimum Gasteiger partial charge on any atom is -0.383 e. The first-order valence-electron chi connectivity index (χ1n) is 9.94. The van der Waals surface area contributed by atoms with Gasteiger partial charge in [0.25, 0.3) is 11.5 Å². The molecule has 0 saturated carbocycles. The smallest absolute Gasteiger partial charge is 0.330 e. The summed E-state index contributed by atoms with van der Waals surface area (Å²) in [7, 11) is 1.51. The molecule has 0 saturated heterocycles. The van der Waals surface area contributed by atoms with E-state index in [-0.39, 0.29) is 37.1 Å². The molecule has 0 radical (unpaired) electrons. The lowest BCUT2D eigenvalue weighted by Gasteiger charge is -2.24. The van der Waals surface area contributed by atoms with Crippen molar-refractivity contribution in [3.8, 4) is 0 Å². The first kappa shape index (κ1) is 22.5.